The first-order valence-electron chi connectivity index (χ1n) is 5.99. The number of halogens is 2. The predicted molar refractivity (Wildman–Crippen MR) is 82.9 cm³/mol. The van der Waals surface area contributed by atoms with E-state index >= 15 is 0 Å². The molecule has 5 nitrogen and oxygen atoms in total. The molecule has 21 heavy (non-hydrogen) atoms. The quantitative estimate of drug-likeness (QED) is 0.513. The molecule has 0 saturated carbocycles. The minimum Gasteiger partial charge on any atom is -0.464 e. The second-order valence-electron chi connectivity index (χ2n) is 4.24. The summed E-state index contributed by atoms with van der Waals surface area (Å²) in [5.74, 6) is -0.516. The van der Waals surface area contributed by atoms with Gasteiger partial charge in [0.25, 0.3) is 0 Å². The molecule has 0 bridgehead atoms. The molecule has 0 aliphatic rings. The second kappa shape index (κ2) is 5.46. The van der Waals surface area contributed by atoms with Crippen LogP contribution in [0.25, 0.3) is 16.7 Å². The number of carbonyl (C=O) groups is 1. The molecule has 3 aromatic rings. The third-order valence-electron chi connectivity index (χ3n) is 2.93. The van der Waals surface area contributed by atoms with Crippen molar-refractivity contribution >= 4 is 44.5 Å². The van der Waals surface area contributed by atoms with E-state index in [1.807, 2.05) is 24.3 Å². The smallest absolute Gasteiger partial charge is 0.359 e. The molecule has 7 heteroatoms. The van der Waals surface area contributed by atoms with Crippen molar-refractivity contribution < 1.29 is 9.53 Å². The molecular weight excluding hydrogens is 358 g/mol. The van der Waals surface area contributed by atoms with Crippen LogP contribution < -0.4 is 0 Å². The highest BCUT2D eigenvalue weighted by atomic mass is 79.9. The SMILES string of the molecule is COC(=O)c1nn(-c2cccc(Br)c2)c2nc(Cl)ccc12. The summed E-state index contributed by atoms with van der Waals surface area (Å²) in [6.07, 6.45) is 0. The lowest BCUT2D eigenvalue weighted by Gasteiger charge is -2.03. The fraction of sp³-hybridized carbons (Fsp3) is 0.0714. The predicted octanol–water partition coefficient (Wildman–Crippen LogP) is 3.62. The van der Waals surface area contributed by atoms with E-state index in [-0.39, 0.29) is 5.69 Å². The van der Waals surface area contributed by atoms with Crippen LogP contribution in [-0.2, 0) is 4.74 Å². The van der Waals surface area contributed by atoms with Crippen LogP contribution in [0.3, 0.4) is 0 Å². The van der Waals surface area contributed by atoms with Crippen molar-refractivity contribution in [1.82, 2.24) is 14.8 Å². The van der Waals surface area contributed by atoms with Crippen LogP contribution in [0.5, 0.6) is 0 Å². The van der Waals surface area contributed by atoms with Crippen LogP contribution in [0.1, 0.15) is 10.5 Å². The molecule has 0 fully saturated rings. The van der Waals surface area contributed by atoms with Crippen LogP contribution >= 0.6 is 27.5 Å². The van der Waals surface area contributed by atoms with E-state index in [1.165, 1.54) is 7.11 Å². The van der Waals surface area contributed by atoms with Crippen LogP contribution in [-0.4, -0.2) is 27.8 Å². The van der Waals surface area contributed by atoms with Crippen molar-refractivity contribution in [2.45, 2.75) is 0 Å². The van der Waals surface area contributed by atoms with Crippen molar-refractivity contribution in [3.63, 3.8) is 0 Å². The van der Waals surface area contributed by atoms with Gasteiger partial charge in [-0.05, 0) is 30.3 Å². The second-order valence-corrected chi connectivity index (χ2v) is 5.54. The van der Waals surface area contributed by atoms with Gasteiger partial charge in [-0.3, -0.25) is 0 Å². The van der Waals surface area contributed by atoms with Gasteiger partial charge in [-0.1, -0.05) is 33.6 Å². The lowest BCUT2D eigenvalue weighted by molar-refractivity contribution is 0.0595. The van der Waals surface area contributed by atoms with Gasteiger partial charge in [0.2, 0.25) is 0 Å². The lowest BCUT2D eigenvalue weighted by atomic mass is 10.2. The number of hydrogen-bond donors (Lipinski definition) is 0. The minimum absolute atomic E-state index is 0.205. The maximum absolute atomic E-state index is 11.9. The van der Waals surface area contributed by atoms with Gasteiger partial charge in [-0.2, -0.15) is 5.10 Å². The molecule has 2 heterocycles. The maximum atomic E-state index is 11.9. The van der Waals surface area contributed by atoms with E-state index in [1.54, 1.807) is 16.8 Å². The number of pyridine rings is 1. The zero-order valence-electron chi connectivity index (χ0n) is 10.9. The Balaban J connectivity index is 2.32. The first kappa shape index (κ1) is 14.0. The Labute approximate surface area is 133 Å². The summed E-state index contributed by atoms with van der Waals surface area (Å²) in [5, 5.41) is 5.23. The van der Waals surface area contributed by atoms with Crippen molar-refractivity contribution in [1.29, 1.82) is 0 Å². The Morgan fingerprint density at radius 1 is 1.33 bits per heavy atom. The molecule has 0 saturated heterocycles. The highest BCUT2D eigenvalue weighted by Gasteiger charge is 2.19. The Bertz CT molecular complexity index is 847. The van der Waals surface area contributed by atoms with E-state index in [0.717, 1.165) is 10.2 Å². The Kier molecular flexibility index (Phi) is 3.65. The number of fused-ring (bicyclic) bond motifs is 1. The molecule has 2 aromatic heterocycles. The van der Waals surface area contributed by atoms with E-state index in [4.69, 9.17) is 16.3 Å². The largest absolute Gasteiger partial charge is 0.464 e. The zero-order valence-corrected chi connectivity index (χ0v) is 13.2. The third kappa shape index (κ3) is 2.52. The molecule has 106 valence electrons. The Morgan fingerprint density at radius 3 is 2.86 bits per heavy atom. The van der Waals surface area contributed by atoms with Crippen LogP contribution in [0.4, 0.5) is 0 Å². The summed E-state index contributed by atoms with van der Waals surface area (Å²) in [6.45, 7) is 0. The lowest BCUT2D eigenvalue weighted by Crippen LogP contribution is -2.04. The summed E-state index contributed by atoms with van der Waals surface area (Å²) in [7, 11) is 1.32. The molecule has 0 atom stereocenters. The zero-order chi connectivity index (χ0) is 15.0. The highest BCUT2D eigenvalue weighted by molar-refractivity contribution is 9.10. The van der Waals surface area contributed by atoms with E-state index in [0.29, 0.717) is 16.2 Å². The van der Waals surface area contributed by atoms with Crippen LogP contribution in [0, 0.1) is 0 Å². The molecule has 0 amide bonds. The van der Waals surface area contributed by atoms with Crippen molar-refractivity contribution in [3.05, 3.63) is 51.7 Å². The fourth-order valence-corrected chi connectivity index (χ4v) is 2.54. The Hall–Kier alpha value is -1.92. The first-order chi connectivity index (χ1) is 10.1. The van der Waals surface area contributed by atoms with Gasteiger partial charge in [0.1, 0.15) is 5.15 Å². The number of methoxy groups -OCH3 is 1. The molecule has 3 rings (SSSR count). The van der Waals surface area contributed by atoms with Gasteiger partial charge in [-0.25, -0.2) is 14.5 Å². The molecule has 0 aliphatic carbocycles. The maximum Gasteiger partial charge on any atom is 0.359 e. The summed E-state index contributed by atoms with van der Waals surface area (Å²) in [5.41, 5.74) is 1.47. The van der Waals surface area contributed by atoms with E-state index in [2.05, 4.69) is 26.0 Å². The highest BCUT2D eigenvalue weighted by Crippen LogP contribution is 2.24. The summed E-state index contributed by atoms with van der Waals surface area (Å²) >= 11 is 9.36. The van der Waals surface area contributed by atoms with E-state index < -0.39 is 5.97 Å². The van der Waals surface area contributed by atoms with Gasteiger partial charge in [-0.15, -0.1) is 0 Å². The standard InChI is InChI=1S/C14H9BrClN3O2/c1-21-14(20)12-10-5-6-11(16)17-13(10)19(18-12)9-4-2-3-8(15)7-9/h2-7H,1H3. The minimum atomic E-state index is -0.516. The summed E-state index contributed by atoms with van der Waals surface area (Å²) < 4.78 is 7.22. The van der Waals surface area contributed by atoms with E-state index in [9.17, 15) is 4.79 Å². The summed E-state index contributed by atoms with van der Waals surface area (Å²) in [6, 6.07) is 10.8. The number of benzene rings is 1. The van der Waals surface area contributed by atoms with Crippen LogP contribution in [0.2, 0.25) is 5.15 Å². The molecule has 0 aliphatic heterocycles. The number of rotatable bonds is 2. The fourth-order valence-electron chi connectivity index (χ4n) is 2.01. The number of carbonyl (C=O) groups excluding carboxylic acids is 1. The number of nitrogens with zero attached hydrogens (tertiary/aromatic N) is 3. The van der Waals surface area contributed by atoms with Gasteiger partial charge in [0.05, 0.1) is 18.2 Å². The molecule has 0 radical (unpaired) electrons. The van der Waals surface area contributed by atoms with Crippen molar-refractivity contribution in [3.8, 4) is 5.69 Å². The number of hydrogen-bond acceptors (Lipinski definition) is 4. The first-order valence-corrected chi connectivity index (χ1v) is 7.17. The molecule has 0 spiro atoms. The summed E-state index contributed by atoms with van der Waals surface area (Å²) in [4.78, 5) is 16.1. The number of ether oxygens (including phenoxy) is 1. The van der Waals surface area contributed by atoms with Gasteiger partial charge in [0.15, 0.2) is 11.3 Å². The average Bonchev–Trinajstić information content (AvgIpc) is 2.85. The van der Waals surface area contributed by atoms with Crippen molar-refractivity contribution in [2.24, 2.45) is 0 Å². The van der Waals surface area contributed by atoms with Crippen LogP contribution in [0.15, 0.2) is 40.9 Å². The average molecular weight is 367 g/mol. The van der Waals surface area contributed by atoms with Crippen molar-refractivity contribution in [2.75, 3.05) is 7.11 Å². The Morgan fingerprint density at radius 2 is 2.14 bits per heavy atom. The van der Waals surface area contributed by atoms with Gasteiger partial charge in [0, 0.05) is 4.47 Å². The number of aromatic nitrogens is 3. The molecule has 0 N–H and O–H groups in total. The van der Waals surface area contributed by atoms with Gasteiger partial charge < -0.3 is 4.74 Å². The topological polar surface area (TPSA) is 57.0 Å². The normalized spacial score (nSPS) is 10.8. The third-order valence-corrected chi connectivity index (χ3v) is 3.63. The monoisotopic (exact) mass is 365 g/mol. The molecule has 1 aromatic carbocycles. The molecular formula is C14H9BrClN3O2. The van der Waals surface area contributed by atoms with Gasteiger partial charge >= 0.3 is 5.97 Å². The molecule has 0 unspecified atom stereocenters. The number of esters is 1.